The Labute approximate surface area is 255 Å². The van der Waals surface area contributed by atoms with Crippen LogP contribution in [0.4, 0.5) is 5.69 Å². The molecule has 0 aliphatic carbocycles. The predicted octanol–water partition coefficient (Wildman–Crippen LogP) is 5.15. The third-order valence-corrected chi connectivity index (χ3v) is 10.3. The molecule has 2 aliphatic heterocycles. The fourth-order valence-electron chi connectivity index (χ4n) is 5.98. The summed E-state index contributed by atoms with van der Waals surface area (Å²) in [7, 11) is 0.923. The van der Waals surface area contributed by atoms with Crippen LogP contribution in [0.5, 0.6) is 5.75 Å². The highest BCUT2D eigenvalue weighted by Crippen LogP contribution is 2.35. The first-order valence-corrected chi connectivity index (χ1v) is 19.2. The number of likely N-dealkylation sites (tertiary alicyclic amines) is 2. The number of nitrogens with zero attached hydrogens (tertiary/aromatic N) is 5. The Hall–Kier alpha value is -3.28. The molecule has 10 nitrogen and oxygen atoms in total. The molecular formula is C32H46N6O4Si. The lowest BCUT2D eigenvalue weighted by atomic mass is 9.89. The van der Waals surface area contributed by atoms with Crippen LogP contribution in [0.15, 0.2) is 42.9 Å². The molecule has 4 heterocycles. The van der Waals surface area contributed by atoms with E-state index in [-0.39, 0.29) is 12.8 Å². The molecule has 5 rings (SSSR count). The number of piperidine rings is 1. The van der Waals surface area contributed by atoms with Crippen LogP contribution in [0, 0.1) is 5.92 Å². The van der Waals surface area contributed by atoms with Gasteiger partial charge in [0.2, 0.25) is 0 Å². The second-order valence-corrected chi connectivity index (χ2v) is 19.0. The molecule has 0 spiro atoms. The molecule has 0 saturated carbocycles. The highest BCUT2D eigenvalue weighted by molar-refractivity contribution is 6.76. The summed E-state index contributed by atoms with van der Waals surface area (Å²) in [5, 5.41) is 8.06. The van der Waals surface area contributed by atoms with Gasteiger partial charge in [-0.3, -0.25) is 14.6 Å². The number of carbonyl (C=O) groups is 2. The molecule has 2 aromatic heterocycles. The summed E-state index contributed by atoms with van der Waals surface area (Å²) in [6, 6.07) is 9.27. The minimum Gasteiger partial charge on any atom is -0.492 e. The lowest BCUT2D eigenvalue weighted by Gasteiger charge is -2.38. The maximum absolute atomic E-state index is 13.7. The number of ether oxygens (including phenoxy) is 2. The standard InChI is InChI=1S/C32H46N6O4Si/c1-23-11-12-29(24-8-6-10-27(16-24)42-21-26-9-7-13-36(26)2)37(20-23)32(40)31(39)35-28-19-33-17-25-18-34-38(30(25)28)22-41-14-15-43(3,4)5/h6,8,10,16-19,23,26,29H,7,9,11-15,20-22H2,1-5H3,(H,35,39)/t23-,26+,29+/m0/s1. The van der Waals surface area contributed by atoms with Gasteiger partial charge in [0.1, 0.15) is 19.1 Å². The normalized spacial score (nSPS) is 21.3. The van der Waals surface area contributed by atoms with Crippen LogP contribution in [0.2, 0.25) is 25.7 Å². The Morgan fingerprint density at radius 3 is 2.72 bits per heavy atom. The van der Waals surface area contributed by atoms with Crippen LogP contribution in [0.1, 0.15) is 44.2 Å². The highest BCUT2D eigenvalue weighted by atomic mass is 28.3. The monoisotopic (exact) mass is 606 g/mol. The van der Waals surface area contributed by atoms with Crippen molar-refractivity contribution < 1.29 is 19.1 Å². The number of hydrogen-bond donors (Lipinski definition) is 1. The number of benzene rings is 1. The quantitative estimate of drug-likeness (QED) is 0.193. The van der Waals surface area contributed by atoms with E-state index < -0.39 is 19.9 Å². The molecule has 1 N–H and O–H groups in total. The summed E-state index contributed by atoms with van der Waals surface area (Å²) < 4.78 is 13.8. The van der Waals surface area contributed by atoms with Gasteiger partial charge >= 0.3 is 11.8 Å². The Kier molecular flexibility index (Phi) is 9.83. The van der Waals surface area contributed by atoms with Gasteiger partial charge in [0.15, 0.2) is 0 Å². The molecule has 11 heteroatoms. The number of hydrogen-bond acceptors (Lipinski definition) is 7. The van der Waals surface area contributed by atoms with Gasteiger partial charge < -0.3 is 24.6 Å². The summed E-state index contributed by atoms with van der Waals surface area (Å²) >= 11 is 0. The predicted molar refractivity (Wildman–Crippen MR) is 171 cm³/mol. The molecule has 3 aromatic rings. The Morgan fingerprint density at radius 1 is 1.12 bits per heavy atom. The molecule has 232 valence electrons. The lowest BCUT2D eigenvalue weighted by molar-refractivity contribution is -0.146. The zero-order chi connectivity index (χ0) is 30.6. The summed E-state index contributed by atoms with van der Waals surface area (Å²) in [5.74, 6) is -0.140. The van der Waals surface area contributed by atoms with Crippen molar-refractivity contribution in [2.45, 2.75) is 77.1 Å². The largest absolute Gasteiger partial charge is 0.492 e. The van der Waals surface area contributed by atoms with E-state index in [0.29, 0.717) is 42.9 Å². The second kappa shape index (κ2) is 13.6. The minimum absolute atomic E-state index is 0.202. The fourth-order valence-corrected chi connectivity index (χ4v) is 6.74. The van der Waals surface area contributed by atoms with E-state index >= 15 is 0 Å². The van der Waals surface area contributed by atoms with Gasteiger partial charge in [-0.05, 0) is 68.9 Å². The van der Waals surface area contributed by atoms with Crippen LogP contribution in [0.3, 0.4) is 0 Å². The van der Waals surface area contributed by atoms with Gasteiger partial charge in [0.05, 0.1) is 29.6 Å². The van der Waals surface area contributed by atoms with E-state index in [1.807, 2.05) is 24.3 Å². The van der Waals surface area contributed by atoms with Crippen molar-refractivity contribution in [3.8, 4) is 5.75 Å². The van der Waals surface area contributed by atoms with Gasteiger partial charge in [0, 0.05) is 38.9 Å². The van der Waals surface area contributed by atoms with Crippen LogP contribution in [0.25, 0.3) is 10.9 Å². The van der Waals surface area contributed by atoms with Crippen molar-refractivity contribution in [2.75, 3.05) is 38.7 Å². The van der Waals surface area contributed by atoms with Crippen molar-refractivity contribution in [3.05, 3.63) is 48.4 Å². The van der Waals surface area contributed by atoms with Gasteiger partial charge in [0.25, 0.3) is 0 Å². The van der Waals surface area contributed by atoms with Crippen molar-refractivity contribution in [1.29, 1.82) is 0 Å². The van der Waals surface area contributed by atoms with Gasteiger partial charge in [-0.25, -0.2) is 4.68 Å². The van der Waals surface area contributed by atoms with Crippen molar-refractivity contribution in [1.82, 2.24) is 24.6 Å². The fraction of sp³-hybridized carbons (Fsp3) is 0.562. The Morgan fingerprint density at radius 2 is 1.95 bits per heavy atom. The van der Waals surface area contributed by atoms with E-state index in [2.05, 4.69) is 53.9 Å². The molecule has 1 aromatic carbocycles. The maximum Gasteiger partial charge on any atom is 0.314 e. The number of nitrogens with one attached hydrogen (secondary N) is 1. The van der Waals surface area contributed by atoms with E-state index in [1.165, 1.54) is 6.42 Å². The number of fused-ring (bicyclic) bond motifs is 1. The Balaban J connectivity index is 1.29. The third kappa shape index (κ3) is 7.82. The summed E-state index contributed by atoms with van der Waals surface area (Å²) in [4.78, 5) is 35.5. The number of aromatic nitrogens is 3. The first-order chi connectivity index (χ1) is 20.6. The van der Waals surface area contributed by atoms with Crippen molar-refractivity contribution >= 4 is 36.5 Å². The zero-order valence-electron chi connectivity index (χ0n) is 26.2. The molecule has 0 unspecified atom stereocenters. The molecule has 2 aliphatic rings. The number of likely N-dealkylation sites (N-methyl/N-ethyl adjacent to an activating group) is 1. The first kappa shape index (κ1) is 31.2. The average molecular weight is 607 g/mol. The number of carbonyl (C=O) groups excluding carboxylic acids is 2. The summed E-state index contributed by atoms with van der Waals surface area (Å²) in [5.41, 5.74) is 2.11. The van der Waals surface area contributed by atoms with Crippen LogP contribution in [-0.2, 0) is 21.1 Å². The van der Waals surface area contributed by atoms with Crippen molar-refractivity contribution in [2.24, 2.45) is 5.92 Å². The Bertz CT molecular complexity index is 1420. The smallest absolute Gasteiger partial charge is 0.314 e. The molecule has 0 bridgehead atoms. The van der Waals surface area contributed by atoms with Gasteiger partial charge in [-0.1, -0.05) is 38.7 Å². The van der Waals surface area contributed by atoms with E-state index in [9.17, 15) is 9.59 Å². The number of rotatable bonds is 10. The van der Waals surface area contributed by atoms with Gasteiger partial charge in [-0.15, -0.1) is 0 Å². The molecule has 2 saturated heterocycles. The molecular weight excluding hydrogens is 560 g/mol. The SMILES string of the molecule is C[C@H]1CC[C@H](c2cccc(OC[C@H]3CCCN3C)c2)N(C(=O)C(=O)Nc2cncc3cnn(COCC[Si](C)(C)C)c23)C1. The van der Waals surface area contributed by atoms with Crippen LogP contribution < -0.4 is 10.1 Å². The first-order valence-electron chi connectivity index (χ1n) is 15.5. The van der Waals surface area contributed by atoms with E-state index in [4.69, 9.17) is 9.47 Å². The molecule has 3 atom stereocenters. The number of pyridine rings is 1. The molecule has 2 amide bonds. The summed E-state index contributed by atoms with van der Waals surface area (Å²) in [6.45, 7) is 12.2. The number of anilines is 1. The van der Waals surface area contributed by atoms with Gasteiger partial charge in [-0.2, -0.15) is 5.10 Å². The highest BCUT2D eigenvalue weighted by Gasteiger charge is 2.35. The van der Waals surface area contributed by atoms with E-state index in [0.717, 1.165) is 48.6 Å². The maximum atomic E-state index is 13.7. The van der Waals surface area contributed by atoms with E-state index in [1.54, 1.807) is 28.2 Å². The van der Waals surface area contributed by atoms with Crippen LogP contribution in [-0.4, -0.2) is 83.8 Å². The summed E-state index contributed by atoms with van der Waals surface area (Å²) in [6.07, 6.45) is 9.06. The molecule has 43 heavy (non-hydrogen) atoms. The average Bonchev–Trinajstić information content (AvgIpc) is 3.59. The zero-order valence-corrected chi connectivity index (χ0v) is 27.2. The number of amides is 2. The van der Waals surface area contributed by atoms with Crippen LogP contribution >= 0.6 is 0 Å². The minimum atomic E-state index is -1.22. The third-order valence-electron chi connectivity index (χ3n) is 8.63. The topological polar surface area (TPSA) is 102 Å². The van der Waals surface area contributed by atoms with Crippen molar-refractivity contribution in [3.63, 3.8) is 0 Å². The lowest BCUT2D eigenvalue weighted by Crippen LogP contribution is -2.46. The molecule has 0 radical (unpaired) electrons. The molecule has 2 fully saturated rings. The second-order valence-electron chi connectivity index (χ2n) is 13.4.